The smallest absolute Gasteiger partial charge is 0.253 e. The summed E-state index contributed by atoms with van der Waals surface area (Å²) in [7, 11) is 0. The topological polar surface area (TPSA) is 55.1 Å². The fourth-order valence-corrected chi connectivity index (χ4v) is 2.17. The van der Waals surface area contributed by atoms with Crippen molar-refractivity contribution in [1.82, 2.24) is 5.32 Å². The summed E-state index contributed by atoms with van der Waals surface area (Å²) in [5.41, 5.74) is 7.95. The Morgan fingerprint density at radius 1 is 1.53 bits per heavy atom. The van der Waals surface area contributed by atoms with E-state index in [-0.39, 0.29) is 5.91 Å². The molecule has 0 aromatic heterocycles. The Labute approximate surface area is 102 Å². The first-order valence-electron chi connectivity index (χ1n) is 6.23. The number of benzene rings is 1. The van der Waals surface area contributed by atoms with Crippen LogP contribution < -0.4 is 11.1 Å². The van der Waals surface area contributed by atoms with Crippen molar-refractivity contribution < 1.29 is 4.79 Å². The van der Waals surface area contributed by atoms with Gasteiger partial charge in [-0.25, -0.2) is 0 Å². The first-order chi connectivity index (χ1) is 8.09. The molecule has 3 heteroatoms. The van der Waals surface area contributed by atoms with Crippen LogP contribution in [0.4, 0.5) is 5.69 Å². The zero-order chi connectivity index (χ0) is 12.4. The summed E-state index contributed by atoms with van der Waals surface area (Å²) in [5.74, 6) is 1.34. The van der Waals surface area contributed by atoms with Crippen LogP contribution in [0.5, 0.6) is 0 Å². The minimum atomic E-state index is -0.0481. The van der Waals surface area contributed by atoms with Crippen LogP contribution >= 0.6 is 0 Å². The molecular formula is C14H20N2O. The van der Waals surface area contributed by atoms with Crippen molar-refractivity contribution >= 4 is 11.6 Å². The zero-order valence-electron chi connectivity index (χ0n) is 10.5. The number of anilines is 1. The molecule has 2 rings (SSSR count). The van der Waals surface area contributed by atoms with Gasteiger partial charge in [0, 0.05) is 12.2 Å². The second-order valence-electron chi connectivity index (χ2n) is 5.06. The molecule has 1 unspecified atom stereocenters. The molecule has 1 saturated carbocycles. The SMILES string of the molecule is Cc1cccc(N)c1C(=O)NCC(C)C1CC1. The van der Waals surface area contributed by atoms with E-state index in [1.165, 1.54) is 12.8 Å². The molecule has 1 aliphatic rings. The molecule has 92 valence electrons. The van der Waals surface area contributed by atoms with E-state index in [2.05, 4.69) is 12.2 Å². The lowest BCUT2D eigenvalue weighted by Gasteiger charge is -2.13. The van der Waals surface area contributed by atoms with E-state index in [1.54, 1.807) is 6.07 Å². The molecule has 17 heavy (non-hydrogen) atoms. The van der Waals surface area contributed by atoms with Crippen LogP contribution in [0.15, 0.2) is 18.2 Å². The third kappa shape index (κ3) is 2.78. The second-order valence-corrected chi connectivity index (χ2v) is 5.06. The Bertz CT molecular complexity index is 404. The fourth-order valence-electron chi connectivity index (χ4n) is 2.17. The highest BCUT2D eigenvalue weighted by atomic mass is 16.1. The standard InChI is InChI=1S/C14H20N2O/c1-9-4-3-5-12(15)13(9)14(17)16-8-10(2)11-6-7-11/h3-5,10-11H,6-8,15H2,1-2H3,(H,16,17). The maximum atomic E-state index is 12.0. The van der Waals surface area contributed by atoms with Gasteiger partial charge in [-0.15, -0.1) is 0 Å². The largest absolute Gasteiger partial charge is 0.398 e. The molecule has 0 spiro atoms. The summed E-state index contributed by atoms with van der Waals surface area (Å²) < 4.78 is 0. The summed E-state index contributed by atoms with van der Waals surface area (Å²) in [6, 6.07) is 5.55. The van der Waals surface area contributed by atoms with Crippen molar-refractivity contribution in [3.05, 3.63) is 29.3 Å². The van der Waals surface area contributed by atoms with Crippen LogP contribution in [-0.4, -0.2) is 12.5 Å². The van der Waals surface area contributed by atoms with Crippen molar-refractivity contribution in [2.24, 2.45) is 11.8 Å². The van der Waals surface area contributed by atoms with Gasteiger partial charge in [0.25, 0.3) is 5.91 Å². The van der Waals surface area contributed by atoms with Crippen LogP contribution in [0.25, 0.3) is 0 Å². The Morgan fingerprint density at radius 3 is 2.82 bits per heavy atom. The third-order valence-corrected chi connectivity index (χ3v) is 3.54. The molecule has 3 nitrogen and oxygen atoms in total. The quantitative estimate of drug-likeness (QED) is 0.783. The highest BCUT2D eigenvalue weighted by Gasteiger charge is 2.28. The van der Waals surface area contributed by atoms with Gasteiger partial charge in [-0.3, -0.25) is 4.79 Å². The molecule has 0 bridgehead atoms. The highest BCUT2D eigenvalue weighted by Crippen LogP contribution is 2.36. The Hall–Kier alpha value is -1.51. The number of aryl methyl sites for hydroxylation is 1. The van der Waals surface area contributed by atoms with Crippen molar-refractivity contribution in [3.8, 4) is 0 Å². The van der Waals surface area contributed by atoms with Gasteiger partial charge in [0.2, 0.25) is 0 Å². The number of carbonyl (C=O) groups excluding carboxylic acids is 1. The summed E-state index contributed by atoms with van der Waals surface area (Å²) in [4.78, 5) is 12.0. The fraction of sp³-hybridized carbons (Fsp3) is 0.500. The van der Waals surface area contributed by atoms with E-state index in [1.807, 2.05) is 19.1 Å². The van der Waals surface area contributed by atoms with E-state index in [0.717, 1.165) is 18.0 Å². The predicted molar refractivity (Wildman–Crippen MR) is 69.8 cm³/mol. The van der Waals surface area contributed by atoms with Gasteiger partial charge >= 0.3 is 0 Å². The number of nitrogens with two attached hydrogens (primary N) is 1. The number of amides is 1. The van der Waals surface area contributed by atoms with Gasteiger partial charge in [0.15, 0.2) is 0 Å². The van der Waals surface area contributed by atoms with Crippen LogP contribution in [0.1, 0.15) is 35.7 Å². The van der Waals surface area contributed by atoms with Crippen molar-refractivity contribution in [2.75, 3.05) is 12.3 Å². The summed E-state index contributed by atoms with van der Waals surface area (Å²) in [5, 5.41) is 2.98. The van der Waals surface area contributed by atoms with Crippen LogP contribution in [-0.2, 0) is 0 Å². The number of carbonyl (C=O) groups is 1. The van der Waals surface area contributed by atoms with E-state index in [9.17, 15) is 4.79 Å². The molecule has 0 aliphatic heterocycles. The summed E-state index contributed by atoms with van der Waals surface area (Å²) in [6.45, 7) is 4.85. The molecule has 3 N–H and O–H groups in total. The van der Waals surface area contributed by atoms with Crippen molar-refractivity contribution in [1.29, 1.82) is 0 Å². The van der Waals surface area contributed by atoms with Gasteiger partial charge < -0.3 is 11.1 Å². The number of nitrogens with one attached hydrogen (secondary N) is 1. The molecular weight excluding hydrogens is 212 g/mol. The highest BCUT2D eigenvalue weighted by molar-refractivity contribution is 6.00. The van der Waals surface area contributed by atoms with Gasteiger partial charge in [0.1, 0.15) is 0 Å². The van der Waals surface area contributed by atoms with Gasteiger partial charge in [-0.1, -0.05) is 19.1 Å². The van der Waals surface area contributed by atoms with E-state index < -0.39 is 0 Å². The molecule has 1 atom stereocenters. The zero-order valence-corrected chi connectivity index (χ0v) is 10.5. The molecule has 1 amide bonds. The lowest BCUT2D eigenvalue weighted by molar-refractivity contribution is 0.0947. The van der Waals surface area contributed by atoms with E-state index in [4.69, 9.17) is 5.73 Å². The first-order valence-corrected chi connectivity index (χ1v) is 6.23. The van der Waals surface area contributed by atoms with E-state index >= 15 is 0 Å². The first kappa shape index (κ1) is 12.0. The Morgan fingerprint density at radius 2 is 2.24 bits per heavy atom. The number of nitrogen functional groups attached to an aromatic ring is 1. The molecule has 0 heterocycles. The minimum Gasteiger partial charge on any atom is -0.398 e. The van der Waals surface area contributed by atoms with Gasteiger partial charge in [0.05, 0.1) is 5.56 Å². The Balaban J connectivity index is 1.99. The van der Waals surface area contributed by atoms with Gasteiger partial charge in [-0.05, 0) is 43.2 Å². The lowest BCUT2D eigenvalue weighted by Crippen LogP contribution is -2.30. The van der Waals surface area contributed by atoms with Crippen LogP contribution in [0.3, 0.4) is 0 Å². The van der Waals surface area contributed by atoms with Crippen molar-refractivity contribution in [2.45, 2.75) is 26.7 Å². The molecule has 0 saturated heterocycles. The normalized spacial score (nSPS) is 16.6. The minimum absolute atomic E-state index is 0.0481. The number of hydrogen-bond donors (Lipinski definition) is 2. The molecule has 1 fully saturated rings. The van der Waals surface area contributed by atoms with Crippen LogP contribution in [0.2, 0.25) is 0 Å². The Kier molecular flexibility index (Phi) is 3.36. The average Bonchev–Trinajstić information content (AvgIpc) is 3.09. The van der Waals surface area contributed by atoms with Crippen molar-refractivity contribution in [3.63, 3.8) is 0 Å². The molecule has 1 aliphatic carbocycles. The van der Waals surface area contributed by atoms with E-state index in [0.29, 0.717) is 17.2 Å². The predicted octanol–water partition coefficient (Wildman–Crippen LogP) is 2.35. The summed E-state index contributed by atoms with van der Waals surface area (Å²) >= 11 is 0. The molecule has 1 aromatic rings. The maximum Gasteiger partial charge on any atom is 0.253 e. The van der Waals surface area contributed by atoms with Gasteiger partial charge in [-0.2, -0.15) is 0 Å². The maximum absolute atomic E-state index is 12.0. The second kappa shape index (κ2) is 4.78. The number of rotatable bonds is 4. The third-order valence-electron chi connectivity index (χ3n) is 3.54. The monoisotopic (exact) mass is 232 g/mol. The van der Waals surface area contributed by atoms with Crippen LogP contribution in [0, 0.1) is 18.8 Å². The molecule has 0 radical (unpaired) electrons. The molecule has 1 aromatic carbocycles. The summed E-state index contributed by atoms with van der Waals surface area (Å²) in [6.07, 6.45) is 2.62. The lowest BCUT2D eigenvalue weighted by atomic mass is 10.0. The number of hydrogen-bond acceptors (Lipinski definition) is 2. The average molecular weight is 232 g/mol.